The Morgan fingerprint density at radius 1 is 0.903 bits per heavy atom. The Kier molecular flexibility index (Phi) is 4.63. The number of benzene rings is 3. The summed E-state index contributed by atoms with van der Waals surface area (Å²) in [7, 11) is 4.58. The van der Waals surface area contributed by atoms with E-state index in [0.717, 1.165) is 21.7 Å². The molecule has 8 heteroatoms. The maximum atomic E-state index is 12.6. The molecule has 4 aromatic rings. The Morgan fingerprint density at radius 2 is 1.58 bits per heavy atom. The number of hydrogen-bond acceptors (Lipinski definition) is 6. The van der Waals surface area contributed by atoms with E-state index in [9.17, 15) is 4.79 Å². The fourth-order valence-electron chi connectivity index (χ4n) is 3.88. The van der Waals surface area contributed by atoms with Gasteiger partial charge in [-0.25, -0.2) is 9.78 Å². The van der Waals surface area contributed by atoms with E-state index in [1.807, 2.05) is 12.1 Å². The van der Waals surface area contributed by atoms with Crippen LogP contribution in [0.3, 0.4) is 0 Å². The Bertz CT molecular complexity index is 1250. The smallest absolute Gasteiger partial charge is 0.325 e. The highest BCUT2D eigenvalue weighted by atomic mass is 32.1. The maximum absolute atomic E-state index is 12.6. The van der Waals surface area contributed by atoms with Crippen molar-refractivity contribution in [3.8, 4) is 38.9 Å². The quantitative estimate of drug-likeness (QED) is 0.376. The monoisotopic (exact) mass is 433 g/mol. The van der Waals surface area contributed by atoms with Gasteiger partial charge in [0, 0.05) is 23.3 Å². The van der Waals surface area contributed by atoms with Gasteiger partial charge in [0.05, 0.1) is 37.6 Å². The maximum Gasteiger partial charge on any atom is 0.325 e. The van der Waals surface area contributed by atoms with E-state index in [1.54, 1.807) is 12.1 Å². The summed E-state index contributed by atoms with van der Waals surface area (Å²) in [5.74, 6) is 1.37. The molecule has 1 aromatic heterocycles. The number of carbonyl (C=O) groups is 1. The molecule has 0 fully saturated rings. The molecule has 0 aliphatic heterocycles. The molecular formula is C23H19N3O4S. The Balaban J connectivity index is 1.40. The first-order valence-electron chi connectivity index (χ1n) is 9.54. The predicted octanol–water partition coefficient (Wildman–Crippen LogP) is 5.61. The zero-order chi connectivity index (χ0) is 21.5. The van der Waals surface area contributed by atoms with Crippen LogP contribution in [0.15, 0.2) is 48.5 Å². The molecule has 2 amide bonds. The first-order valence-corrected chi connectivity index (χ1v) is 10.4. The Labute approximate surface area is 182 Å². The molecule has 0 atom stereocenters. The largest absolute Gasteiger partial charge is 0.493 e. The molecule has 2 N–H and O–H groups in total. The standard InChI is InChI=1S/C23H19N3O4S/c1-28-16-10-13(11-17(29-2)20(16)30-3)24-22(27)26-23-25-19-14-8-4-6-12-7-5-9-15(18(12)14)21(19)31-23/h4-11H,1-3H3,(H2,24,25,26,27). The molecule has 0 radical (unpaired) electrons. The number of fused-ring (bicyclic) bond motifs is 3. The summed E-state index contributed by atoms with van der Waals surface area (Å²) in [6.45, 7) is 0. The number of urea groups is 1. The number of methoxy groups -OCH3 is 3. The van der Waals surface area contributed by atoms with Crippen LogP contribution in [0.2, 0.25) is 0 Å². The number of amides is 2. The number of aromatic nitrogens is 1. The summed E-state index contributed by atoms with van der Waals surface area (Å²) in [5.41, 5.74) is 3.65. The van der Waals surface area contributed by atoms with Crippen molar-refractivity contribution in [2.24, 2.45) is 0 Å². The van der Waals surface area contributed by atoms with Gasteiger partial charge in [0.1, 0.15) is 0 Å². The van der Waals surface area contributed by atoms with Gasteiger partial charge >= 0.3 is 6.03 Å². The predicted molar refractivity (Wildman–Crippen MR) is 123 cm³/mol. The number of anilines is 2. The van der Waals surface area contributed by atoms with Crippen LogP contribution in [0.1, 0.15) is 0 Å². The fraction of sp³-hybridized carbons (Fsp3) is 0.130. The van der Waals surface area contributed by atoms with Crippen molar-refractivity contribution < 1.29 is 19.0 Å². The molecule has 3 aromatic carbocycles. The van der Waals surface area contributed by atoms with Gasteiger partial charge < -0.3 is 19.5 Å². The molecule has 31 heavy (non-hydrogen) atoms. The second-order valence-electron chi connectivity index (χ2n) is 6.90. The molecule has 0 unspecified atom stereocenters. The second kappa shape index (κ2) is 7.48. The minimum atomic E-state index is -0.409. The summed E-state index contributed by atoms with van der Waals surface area (Å²) < 4.78 is 16.0. The lowest BCUT2D eigenvalue weighted by atomic mass is 10.0. The minimum absolute atomic E-state index is 0.409. The van der Waals surface area contributed by atoms with Crippen LogP contribution < -0.4 is 24.8 Å². The Morgan fingerprint density at radius 3 is 2.23 bits per heavy atom. The van der Waals surface area contributed by atoms with Crippen LogP contribution in [-0.4, -0.2) is 32.3 Å². The molecule has 156 valence electrons. The molecule has 0 saturated carbocycles. The summed E-state index contributed by atoms with van der Waals surface area (Å²) in [4.78, 5) is 18.4. The third-order valence-electron chi connectivity index (χ3n) is 5.17. The van der Waals surface area contributed by atoms with E-state index in [2.05, 4.69) is 39.9 Å². The lowest BCUT2D eigenvalue weighted by molar-refractivity contribution is 0.262. The highest BCUT2D eigenvalue weighted by Gasteiger charge is 2.26. The molecule has 7 nitrogen and oxygen atoms in total. The highest BCUT2D eigenvalue weighted by Crippen LogP contribution is 2.50. The van der Waals surface area contributed by atoms with Gasteiger partial charge in [0.15, 0.2) is 16.6 Å². The molecule has 5 rings (SSSR count). The van der Waals surface area contributed by atoms with Crippen LogP contribution in [0, 0.1) is 0 Å². The van der Waals surface area contributed by atoms with Gasteiger partial charge in [0.2, 0.25) is 5.75 Å². The van der Waals surface area contributed by atoms with Crippen LogP contribution in [0.4, 0.5) is 15.6 Å². The summed E-state index contributed by atoms with van der Waals surface area (Å²) in [6, 6.07) is 15.4. The summed E-state index contributed by atoms with van der Waals surface area (Å²) >= 11 is 1.46. The van der Waals surface area contributed by atoms with Gasteiger partial charge in [-0.1, -0.05) is 47.7 Å². The number of rotatable bonds is 5. The van der Waals surface area contributed by atoms with Crippen LogP contribution >= 0.6 is 11.3 Å². The van der Waals surface area contributed by atoms with E-state index in [4.69, 9.17) is 14.2 Å². The van der Waals surface area contributed by atoms with Crippen LogP contribution in [0.5, 0.6) is 17.2 Å². The first kappa shape index (κ1) is 19.2. The van der Waals surface area contributed by atoms with Crippen molar-refractivity contribution in [1.29, 1.82) is 0 Å². The van der Waals surface area contributed by atoms with Gasteiger partial charge in [-0.2, -0.15) is 0 Å². The van der Waals surface area contributed by atoms with Crippen molar-refractivity contribution in [3.63, 3.8) is 0 Å². The van der Waals surface area contributed by atoms with E-state index in [0.29, 0.717) is 28.1 Å². The van der Waals surface area contributed by atoms with E-state index in [-0.39, 0.29) is 0 Å². The number of nitrogens with zero attached hydrogens (tertiary/aromatic N) is 1. The molecular weight excluding hydrogens is 414 g/mol. The summed E-state index contributed by atoms with van der Waals surface area (Å²) in [6.07, 6.45) is 0. The van der Waals surface area contributed by atoms with Crippen molar-refractivity contribution >= 4 is 39.0 Å². The molecule has 0 bridgehead atoms. The average Bonchev–Trinajstić information content (AvgIpc) is 3.32. The SMILES string of the molecule is COc1cc(NC(=O)Nc2nc3c(s2)-c2cccc4cccc-3c24)cc(OC)c1OC. The number of ether oxygens (including phenoxy) is 3. The van der Waals surface area contributed by atoms with Gasteiger partial charge in [-0.05, 0) is 10.8 Å². The normalized spacial score (nSPS) is 11.2. The number of nitrogens with one attached hydrogen (secondary N) is 2. The average molecular weight is 433 g/mol. The van der Waals surface area contributed by atoms with Crippen LogP contribution in [-0.2, 0) is 0 Å². The molecule has 0 spiro atoms. The second-order valence-corrected chi connectivity index (χ2v) is 7.90. The minimum Gasteiger partial charge on any atom is -0.493 e. The molecule has 1 heterocycles. The van der Waals surface area contributed by atoms with Crippen molar-refractivity contribution in [3.05, 3.63) is 48.5 Å². The molecule has 1 aliphatic carbocycles. The third kappa shape index (κ3) is 3.12. The van der Waals surface area contributed by atoms with Crippen molar-refractivity contribution in [2.45, 2.75) is 0 Å². The highest BCUT2D eigenvalue weighted by molar-refractivity contribution is 7.20. The number of carbonyl (C=O) groups excluding carboxylic acids is 1. The lowest BCUT2D eigenvalue weighted by Crippen LogP contribution is -2.19. The van der Waals surface area contributed by atoms with Gasteiger partial charge in [-0.15, -0.1) is 0 Å². The zero-order valence-electron chi connectivity index (χ0n) is 17.1. The first-order chi connectivity index (χ1) is 15.1. The topological polar surface area (TPSA) is 81.7 Å². The zero-order valence-corrected chi connectivity index (χ0v) is 17.9. The van der Waals surface area contributed by atoms with Crippen molar-refractivity contribution in [2.75, 3.05) is 32.0 Å². The van der Waals surface area contributed by atoms with E-state index in [1.165, 1.54) is 43.4 Å². The lowest BCUT2D eigenvalue weighted by Gasteiger charge is -2.14. The summed E-state index contributed by atoms with van der Waals surface area (Å²) in [5, 5.41) is 8.56. The molecule has 0 saturated heterocycles. The molecule has 1 aliphatic rings. The van der Waals surface area contributed by atoms with Gasteiger partial charge in [0.25, 0.3) is 0 Å². The Hall–Kier alpha value is -3.78. The van der Waals surface area contributed by atoms with Gasteiger partial charge in [-0.3, -0.25) is 5.32 Å². The van der Waals surface area contributed by atoms with E-state index >= 15 is 0 Å². The van der Waals surface area contributed by atoms with E-state index < -0.39 is 6.03 Å². The number of hydrogen-bond donors (Lipinski definition) is 2. The fourth-order valence-corrected chi connectivity index (χ4v) is 4.89. The third-order valence-corrected chi connectivity index (χ3v) is 6.18. The van der Waals surface area contributed by atoms with Crippen LogP contribution in [0.25, 0.3) is 32.5 Å². The van der Waals surface area contributed by atoms with Crippen molar-refractivity contribution in [1.82, 2.24) is 4.98 Å². The number of thiazole rings is 1.